The molecular formula is C33H33N3O3S3. The molecule has 4 aromatic rings. The maximum Gasteiger partial charge on any atom is 0.341 e. The van der Waals surface area contributed by atoms with Crippen LogP contribution in [0, 0.1) is 12.8 Å². The van der Waals surface area contributed by atoms with Crippen molar-refractivity contribution in [3.8, 4) is 0 Å². The summed E-state index contributed by atoms with van der Waals surface area (Å²) in [5.41, 5.74) is 5.26. The largest absolute Gasteiger partial charge is 0.465 e. The Balaban J connectivity index is 1.36. The first-order chi connectivity index (χ1) is 20.3. The number of esters is 1. The molecule has 5 rings (SSSR count). The van der Waals surface area contributed by atoms with Crippen LogP contribution < -0.4 is 16.0 Å². The smallest absolute Gasteiger partial charge is 0.341 e. The van der Waals surface area contributed by atoms with E-state index in [2.05, 4.69) is 22.9 Å². The van der Waals surface area contributed by atoms with E-state index in [0.717, 1.165) is 51.5 Å². The number of ether oxygens (including phenoxy) is 1. The monoisotopic (exact) mass is 615 g/mol. The number of thiocarbonyl (C=S) groups is 1. The van der Waals surface area contributed by atoms with Crippen molar-refractivity contribution < 1.29 is 14.3 Å². The van der Waals surface area contributed by atoms with Crippen LogP contribution in [0.25, 0.3) is 0 Å². The van der Waals surface area contributed by atoms with Gasteiger partial charge in [0.05, 0.1) is 12.7 Å². The molecule has 0 bridgehead atoms. The number of nitrogens with one attached hydrogen (secondary N) is 3. The topological polar surface area (TPSA) is 79.5 Å². The van der Waals surface area contributed by atoms with E-state index < -0.39 is 11.2 Å². The highest BCUT2D eigenvalue weighted by Gasteiger charge is 2.31. The molecule has 1 aromatic heterocycles. The molecule has 2 unspecified atom stereocenters. The molecule has 1 aliphatic rings. The summed E-state index contributed by atoms with van der Waals surface area (Å²) in [5, 5.41) is 10.0. The second-order valence-electron chi connectivity index (χ2n) is 10.4. The normalized spacial score (nSPS) is 14.8. The molecule has 0 saturated heterocycles. The van der Waals surface area contributed by atoms with Crippen molar-refractivity contribution >= 4 is 68.7 Å². The number of carbonyl (C=O) groups excluding carboxylic acids is 2. The zero-order chi connectivity index (χ0) is 29.6. The number of hydrogen-bond acceptors (Lipinski definition) is 6. The highest BCUT2D eigenvalue weighted by atomic mass is 32.2. The summed E-state index contributed by atoms with van der Waals surface area (Å²) in [5.74, 6) is -0.0631. The van der Waals surface area contributed by atoms with Crippen molar-refractivity contribution in [3.05, 3.63) is 106 Å². The first-order valence-corrected chi connectivity index (χ1v) is 15.9. The Morgan fingerprint density at radius 2 is 1.71 bits per heavy atom. The van der Waals surface area contributed by atoms with E-state index in [4.69, 9.17) is 17.0 Å². The van der Waals surface area contributed by atoms with Crippen LogP contribution in [0.3, 0.4) is 0 Å². The SMILES string of the molecule is COC(=O)c1c(NC(=O)C(Sc2cccc(NC(=S)Nc3ccc(C)cc3)c2)c2ccccc2)sc2c1CCC(C)C2. The lowest BCUT2D eigenvalue weighted by atomic mass is 9.88. The Morgan fingerprint density at radius 1 is 0.976 bits per heavy atom. The zero-order valence-corrected chi connectivity index (χ0v) is 26.2. The molecule has 2 atom stereocenters. The molecule has 216 valence electrons. The minimum Gasteiger partial charge on any atom is -0.465 e. The van der Waals surface area contributed by atoms with Gasteiger partial charge in [-0.15, -0.1) is 23.1 Å². The number of aryl methyl sites for hydroxylation is 1. The molecule has 0 radical (unpaired) electrons. The van der Waals surface area contributed by atoms with Crippen LogP contribution in [0.1, 0.15) is 50.5 Å². The number of fused-ring (bicyclic) bond motifs is 1. The minimum atomic E-state index is -0.553. The summed E-state index contributed by atoms with van der Waals surface area (Å²) in [4.78, 5) is 28.8. The van der Waals surface area contributed by atoms with Gasteiger partial charge >= 0.3 is 5.97 Å². The number of carbonyl (C=O) groups is 2. The molecule has 0 spiro atoms. The quantitative estimate of drug-likeness (QED) is 0.105. The summed E-state index contributed by atoms with van der Waals surface area (Å²) >= 11 is 8.47. The van der Waals surface area contributed by atoms with Gasteiger partial charge in [-0.1, -0.05) is 61.0 Å². The fourth-order valence-electron chi connectivity index (χ4n) is 4.95. The Morgan fingerprint density at radius 3 is 2.45 bits per heavy atom. The summed E-state index contributed by atoms with van der Waals surface area (Å²) in [6, 6.07) is 25.5. The van der Waals surface area contributed by atoms with Gasteiger partial charge in [-0.25, -0.2) is 4.79 Å². The van der Waals surface area contributed by atoms with Gasteiger partial charge in [-0.3, -0.25) is 4.79 Å². The van der Waals surface area contributed by atoms with Gasteiger partial charge in [-0.05, 0) is 85.8 Å². The molecule has 1 aliphatic carbocycles. The number of thioether (sulfide) groups is 1. The Hall–Kier alpha value is -3.66. The van der Waals surface area contributed by atoms with E-state index in [0.29, 0.717) is 21.6 Å². The second-order valence-corrected chi connectivity index (χ2v) is 13.1. The number of amides is 1. The van der Waals surface area contributed by atoms with E-state index >= 15 is 0 Å². The predicted octanol–water partition coefficient (Wildman–Crippen LogP) is 8.25. The maximum absolute atomic E-state index is 13.9. The minimum absolute atomic E-state index is 0.196. The van der Waals surface area contributed by atoms with Crippen molar-refractivity contribution in [3.63, 3.8) is 0 Å². The molecule has 9 heteroatoms. The molecule has 3 aromatic carbocycles. The van der Waals surface area contributed by atoms with Gasteiger partial charge in [-0.2, -0.15) is 0 Å². The van der Waals surface area contributed by atoms with E-state index in [1.54, 1.807) is 0 Å². The summed E-state index contributed by atoms with van der Waals surface area (Å²) < 4.78 is 5.13. The number of hydrogen-bond donors (Lipinski definition) is 3. The zero-order valence-electron chi connectivity index (χ0n) is 23.7. The van der Waals surface area contributed by atoms with E-state index in [9.17, 15) is 9.59 Å². The summed E-state index contributed by atoms with van der Waals surface area (Å²) in [6.07, 6.45) is 2.72. The second kappa shape index (κ2) is 13.5. The van der Waals surface area contributed by atoms with Crippen LogP contribution in [-0.4, -0.2) is 24.1 Å². The third-order valence-corrected chi connectivity index (χ3v) is 9.76. The molecule has 6 nitrogen and oxygen atoms in total. The molecule has 1 heterocycles. The first-order valence-electron chi connectivity index (χ1n) is 13.8. The average molecular weight is 616 g/mol. The van der Waals surface area contributed by atoms with Crippen LogP contribution >= 0.6 is 35.3 Å². The highest BCUT2D eigenvalue weighted by Crippen LogP contribution is 2.42. The van der Waals surface area contributed by atoms with Crippen molar-refractivity contribution in [2.75, 3.05) is 23.1 Å². The third-order valence-electron chi connectivity index (χ3n) is 7.13. The maximum atomic E-state index is 13.9. The fraction of sp³-hybridized carbons (Fsp3) is 0.242. The van der Waals surface area contributed by atoms with Gasteiger partial charge < -0.3 is 20.7 Å². The van der Waals surface area contributed by atoms with Crippen molar-refractivity contribution in [2.24, 2.45) is 5.92 Å². The van der Waals surface area contributed by atoms with Gasteiger partial charge in [0.25, 0.3) is 0 Å². The Bertz CT molecular complexity index is 1590. The van der Waals surface area contributed by atoms with Crippen LogP contribution in [0.15, 0.2) is 83.8 Å². The van der Waals surface area contributed by atoms with Crippen molar-refractivity contribution in [1.29, 1.82) is 0 Å². The third kappa shape index (κ3) is 7.21. The van der Waals surface area contributed by atoms with Crippen LogP contribution in [0.5, 0.6) is 0 Å². The lowest BCUT2D eigenvalue weighted by molar-refractivity contribution is -0.115. The molecule has 0 saturated carbocycles. The lowest BCUT2D eigenvalue weighted by Crippen LogP contribution is -2.20. The molecular weight excluding hydrogens is 583 g/mol. The first kappa shape index (κ1) is 29.8. The van der Waals surface area contributed by atoms with Gasteiger partial charge in [0.2, 0.25) is 5.91 Å². The number of methoxy groups -OCH3 is 1. The molecule has 3 N–H and O–H groups in total. The fourth-order valence-corrected chi connectivity index (χ4v) is 7.67. The molecule has 1 amide bonds. The average Bonchev–Trinajstić information content (AvgIpc) is 3.33. The van der Waals surface area contributed by atoms with E-state index in [1.165, 1.54) is 35.8 Å². The molecule has 42 heavy (non-hydrogen) atoms. The van der Waals surface area contributed by atoms with Crippen LogP contribution in [-0.2, 0) is 22.4 Å². The molecule has 0 aliphatic heterocycles. The van der Waals surface area contributed by atoms with Crippen molar-refractivity contribution in [2.45, 2.75) is 43.3 Å². The standard InChI is InChI=1S/C33H33N3O3S3/c1-20-12-15-23(16-13-20)34-33(40)35-24-10-7-11-25(19-24)41-29(22-8-5-4-6-9-22)30(37)36-31-28(32(38)39-3)26-17-14-21(2)18-27(26)42-31/h4-13,15-16,19,21,29H,14,17-18H2,1-3H3,(H,36,37)(H2,34,35,40). The number of anilines is 3. The van der Waals surface area contributed by atoms with Gasteiger partial charge in [0, 0.05) is 21.1 Å². The van der Waals surface area contributed by atoms with Crippen molar-refractivity contribution in [1.82, 2.24) is 0 Å². The van der Waals surface area contributed by atoms with Gasteiger partial charge in [0.15, 0.2) is 5.11 Å². The highest BCUT2D eigenvalue weighted by molar-refractivity contribution is 8.00. The summed E-state index contributed by atoms with van der Waals surface area (Å²) in [7, 11) is 1.38. The number of thiophene rings is 1. The summed E-state index contributed by atoms with van der Waals surface area (Å²) in [6.45, 7) is 4.26. The van der Waals surface area contributed by atoms with Crippen LogP contribution in [0.4, 0.5) is 16.4 Å². The Labute approximate surface area is 260 Å². The Kier molecular flexibility index (Phi) is 9.62. The molecule has 0 fully saturated rings. The van der Waals surface area contributed by atoms with E-state index in [1.807, 2.05) is 85.8 Å². The number of benzene rings is 3. The lowest BCUT2D eigenvalue weighted by Gasteiger charge is -2.18. The van der Waals surface area contributed by atoms with E-state index in [-0.39, 0.29) is 5.91 Å². The number of rotatable bonds is 8. The predicted molar refractivity (Wildman–Crippen MR) is 178 cm³/mol. The van der Waals surface area contributed by atoms with Crippen LogP contribution in [0.2, 0.25) is 0 Å². The van der Waals surface area contributed by atoms with Gasteiger partial charge in [0.1, 0.15) is 10.3 Å².